The van der Waals surface area contributed by atoms with Gasteiger partial charge in [-0.15, -0.1) is 24.0 Å². The number of hydrogen-bond acceptors (Lipinski definition) is 6. The molecule has 0 spiro atoms. The molecule has 2 N–H and O–H groups in total. The van der Waals surface area contributed by atoms with Gasteiger partial charge in [-0.25, -0.2) is 0 Å². The second kappa shape index (κ2) is 12.4. The first-order chi connectivity index (χ1) is 14.6. The Bertz CT molecular complexity index is 995. The van der Waals surface area contributed by atoms with Crippen LogP contribution in [0.3, 0.4) is 0 Å². The summed E-state index contributed by atoms with van der Waals surface area (Å²) in [6.07, 6.45) is 0.563. The second-order valence-electron chi connectivity index (χ2n) is 6.30. The lowest BCUT2D eigenvalue weighted by molar-refractivity contribution is 0.378. The van der Waals surface area contributed by atoms with Crippen LogP contribution in [0.5, 0.6) is 11.5 Å². The highest BCUT2D eigenvalue weighted by atomic mass is 127. The molecular formula is C21H25ClIN5O3. The molecule has 0 radical (unpaired) electrons. The first-order valence-corrected chi connectivity index (χ1v) is 9.74. The highest BCUT2D eigenvalue weighted by Gasteiger charge is 2.10. The van der Waals surface area contributed by atoms with Crippen LogP contribution in [-0.2, 0) is 13.0 Å². The number of aromatic nitrogens is 2. The largest absolute Gasteiger partial charge is 0.497 e. The van der Waals surface area contributed by atoms with E-state index in [9.17, 15) is 0 Å². The standard InChI is InChI=1S/C21H24ClN5O3.HI/c1-23-21(25-13-15-6-9-17(28-2)12-18(15)29-3)24-11-10-19-26-20(27-30-19)14-4-7-16(22)8-5-14;/h4-9,12H,10-11,13H2,1-3H3,(H2,23,24,25);1H. The molecule has 3 aromatic rings. The van der Waals surface area contributed by atoms with E-state index in [2.05, 4.69) is 25.8 Å². The molecule has 0 aliphatic heterocycles. The summed E-state index contributed by atoms with van der Waals surface area (Å²) in [4.78, 5) is 8.65. The van der Waals surface area contributed by atoms with Gasteiger partial charge in [-0.1, -0.05) is 16.8 Å². The van der Waals surface area contributed by atoms with Crippen LogP contribution >= 0.6 is 35.6 Å². The van der Waals surface area contributed by atoms with Crippen molar-refractivity contribution in [1.82, 2.24) is 20.8 Å². The third kappa shape index (κ3) is 7.00. The maximum absolute atomic E-state index is 5.91. The van der Waals surface area contributed by atoms with Crippen LogP contribution in [0.4, 0.5) is 0 Å². The van der Waals surface area contributed by atoms with Crippen LogP contribution in [0, 0.1) is 0 Å². The van der Waals surface area contributed by atoms with Crippen molar-refractivity contribution in [3.63, 3.8) is 0 Å². The summed E-state index contributed by atoms with van der Waals surface area (Å²) in [5.74, 6) is 3.23. The number of ether oxygens (including phenoxy) is 2. The molecule has 0 aliphatic carbocycles. The predicted octanol–water partition coefficient (Wildman–Crippen LogP) is 3.93. The van der Waals surface area contributed by atoms with Crippen molar-refractivity contribution in [2.45, 2.75) is 13.0 Å². The summed E-state index contributed by atoms with van der Waals surface area (Å²) in [5.41, 5.74) is 1.85. The first-order valence-electron chi connectivity index (χ1n) is 9.37. The van der Waals surface area contributed by atoms with Crippen molar-refractivity contribution in [1.29, 1.82) is 0 Å². The lowest BCUT2D eigenvalue weighted by Crippen LogP contribution is -2.37. The second-order valence-corrected chi connectivity index (χ2v) is 6.74. The summed E-state index contributed by atoms with van der Waals surface area (Å²) >= 11 is 5.91. The molecule has 166 valence electrons. The zero-order valence-electron chi connectivity index (χ0n) is 17.5. The van der Waals surface area contributed by atoms with Gasteiger partial charge in [0, 0.05) is 48.8 Å². The van der Waals surface area contributed by atoms with E-state index in [0.29, 0.717) is 42.2 Å². The fraction of sp³-hybridized carbons (Fsp3) is 0.286. The summed E-state index contributed by atoms with van der Waals surface area (Å²) in [6, 6.07) is 13.0. The van der Waals surface area contributed by atoms with Crippen LogP contribution in [0.1, 0.15) is 11.5 Å². The molecule has 0 unspecified atom stereocenters. The number of benzene rings is 2. The third-order valence-corrected chi connectivity index (χ3v) is 4.62. The van der Waals surface area contributed by atoms with Crippen LogP contribution in [0.2, 0.25) is 5.02 Å². The number of methoxy groups -OCH3 is 2. The van der Waals surface area contributed by atoms with Gasteiger partial charge in [-0.2, -0.15) is 4.98 Å². The van der Waals surface area contributed by atoms with Crippen molar-refractivity contribution < 1.29 is 14.0 Å². The van der Waals surface area contributed by atoms with Gasteiger partial charge in [0.1, 0.15) is 11.5 Å². The van der Waals surface area contributed by atoms with Crippen molar-refractivity contribution in [2.24, 2.45) is 4.99 Å². The Morgan fingerprint density at radius 3 is 2.55 bits per heavy atom. The number of hydrogen-bond donors (Lipinski definition) is 2. The Morgan fingerprint density at radius 1 is 1.10 bits per heavy atom. The molecule has 0 atom stereocenters. The van der Waals surface area contributed by atoms with Crippen LogP contribution in [0.15, 0.2) is 52.0 Å². The molecule has 31 heavy (non-hydrogen) atoms. The van der Waals surface area contributed by atoms with E-state index in [1.54, 1.807) is 33.4 Å². The fourth-order valence-electron chi connectivity index (χ4n) is 2.76. The lowest BCUT2D eigenvalue weighted by atomic mass is 10.2. The number of halogens is 2. The van der Waals surface area contributed by atoms with Crippen molar-refractivity contribution in [3.8, 4) is 22.9 Å². The van der Waals surface area contributed by atoms with E-state index >= 15 is 0 Å². The van der Waals surface area contributed by atoms with Crippen LogP contribution in [-0.4, -0.2) is 43.9 Å². The number of nitrogens with one attached hydrogen (secondary N) is 2. The molecule has 2 aromatic carbocycles. The van der Waals surface area contributed by atoms with E-state index in [1.165, 1.54) is 0 Å². The lowest BCUT2D eigenvalue weighted by Gasteiger charge is -2.14. The maximum Gasteiger partial charge on any atom is 0.228 e. The molecule has 3 rings (SSSR count). The summed E-state index contributed by atoms with van der Waals surface area (Å²) in [5, 5.41) is 11.2. The van der Waals surface area contributed by atoms with E-state index in [0.717, 1.165) is 22.6 Å². The van der Waals surface area contributed by atoms with Gasteiger partial charge in [0.05, 0.1) is 14.2 Å². The predicted molar refractivity (Wildman–Crippen MR) is 132 cm³/mol. The minimum absolute atomic E-state index is 0. The maximum atomic E-state index is 5.91. The zero-order valence-corrected chi connectivity index (χ0v) is 20.6. The van der Waals surface area contributed by atoms with Gasteiger partial charge in [-0.3, -0.25) is 4.99 Å². The monoisotopic (exact) mass is 557 g/mol. The van der Waals surface area contributed by atoms with Crippen LogP contribution in [0.25, 0.3) is 11.4 Å². The van der Waals surface area contributed by atoms with Crippen molar-refractivity contribution in [3.05, 3.63) is 58.9 Å². The molecule has 0 amide bonds. The molecular weight excluding hydrogens is 533 g/mol. The minimum Gasteiger partial charge on any atom is -0.497 e. The molecule has 0 bridgehead atoms. The molecule has 1 heterocycles. The number of aliphatic imine (C=N–C) groups is 1. The van der Waals surface area contributed by atoms with Gasteiger partial charge >= 0.3 is 0 Å². The Morgan fingerprint density at radius 2 is 1.87 bits per heavy atom. The first kappa shape index (κ1) is 24.7. The Balaban J connectivity index is 0.00000341. The van der Waals surface area contributed by atoms with Crippen LogP contribution < -0.4 is 20.1 Å². The molecule has 10 heteroatoms. The Kier molecular flexibility index (Phi) is 9.86. The van der Waals surface area contributed by atoms with Gasteiger partial charge in [-0.05, 0) is 36.4 Å². The summed E-state index contributed by atoms with van der Waals surface area (Å²) in [6.45, 7) is 1.13. The average Bonchev–Trinajstić information content (AvgIpc) is 3.25. The van der Waals surface area contributed by atoms with Crippen molar-refractivity contribution >= 4 is 41.5 Å². The fourth-order valence-corrected chi connectivity index (χ4v) is 2.88. The highest BCUT2D eigenvalue weighted by molar-refractivity contribution is 14.0. The Hall–Kier alpha value is -2.53. The molecule has 0 saturated carbocycles. The highest BCUT2D eigenvalue weighted by Crippen LogP contribution is 2.24. The third-order valence-electron chi connectivity index (χ3n) is 4.37. The molecule has 1 aromatic heterocycles. The Labute approximate surface area is 203 Å². The molecule has 0 aliphatic rings. The smallest absolute Gasteiger partial charge is 0.228 e. The quantitative estimate of drug-likeness (QED) is 0.246. The SMILES string of the molecule is CN=C(NCCc1nc(-c2ccc(Cl)cc2)no1)NCc1ccc(OC)cc1OC.I. The molecule has 0 fully saturated rings. The summed E-state index contributed by atoms with van der Waals surface area (Å²) in [7, 11) is 4.97. The van der Waals surface area contributed by atoms with Gasteiger partial charge in [0.15, 0.2) is 5.96 Å². The van der Waals surface area contributed by atoms with E-state index < -0.39 is 0 Å². The topological polar surface area (TPSA) is 93.8 Å². The van der Waals surface area contributed by atoms with E-state index in [1.807, 2.05) is 30.3 Å². The van der Waals surface area contributed by atoms with Crippen molar-refractivity contribution in [2.75, 3.05) is 27.8 Å². The van der Waals surface area contributed by atoms with E-state index in [4.69, 9.17) is 25.6 Å². The zero-order chi connectivity index (χ0) is 21.3. The van der Waals surface area contributed by atoms with Gasteiger partial charge < -0.3 is 24.6 Å². The number of guanidine groups is 1. The number of nitrogens with zero attached hydrogens (tertiary/aromatic N) is 3. The van der Waals surface area contributed by atoms with Gasteiger partial charge in [0.2, 0.25) is 11.7 Å². The normalized spacial score (nSPS) is 10.9. The molecule has 0 saturated heterocycles. The average molecular weight is 558 g/mol. The van der Waals surface area contributed by atoms with E-state index in [-0.39, 0.29) is 24.0 Å². The number of rotatable bonds is 8. The minimum atomic E-state index is 0. The molecule has 8 nitrogen and oxygen atoms in total. The summed E-state index contributed by atoms with van der Waals surface area (Å²) < 4.78 is 16.0. The van der Waals surface area contributed by atoms with Gasteiger partial charge in [0.25, 0.3) is 0 Å².